The number of ether oxygens (including phenoxy) is 1. The van der Waals surface area contributed by atoms with Gasteiger partial charge in [-0.15, -0.1) is 0 Å². The van der Waals surface area contributed by atoms with E-state index in [0.717, 1.165) is 44.4 Å². The van der Waals surface area contributed by atoms with Gasteiger partial charge in [0.25, 0.3) is 0 Å². The number of hydrogen-bond donors (Lipinski definition) is 1. The van der Waals surface area contributed by atoms with Gasteiger partial charge in [-0.25, -0.2) is 0 Å². The Morgan fingerprint density at radius 3 is 1.84 bits per heavy atom. The summed E-state index contributed by atoms with van der Waals surface area (Å²) in [4.78, 5) is 2.68. The second-order valence-electron chi connectivity index (χ2n) is 6.89. The van der Waals surface area contributed by atoms with Crippen LogP contribution in [-0.2, 0) is 4.74 Å². The lowest BCUT2D eigenvalue weighted by Crippen LogP contribution is -2.57. The van der Waals surface area contributed by atoms with Crippen LogP contribution in [0.2, 0.25) is 0 Å². The van der Waals surface area contributed by atoms with E-state index in [-0.39, 0.29) is 5.54 Å². The number of rotatable bonds is 8. The maximum absolute atomic E-state index is 6.15. The standard InChI is InChI=1S/C16H34N2O/c1-14(2)5-9-18(10-6-15(3)4)16(13-17)7-11-19-12-8-16/h14-15H,5-13,17H2,1-4H3. The minimum atomic E-state index is 0.196. The number of nitrogens with zero attached hydrogens (tertiary/aromatic N) is 1. The maximum atomic E-state index is 6.15. The van der Waals surface area contributed by atoms with Crippen molar-refractivity contribution in [3.63, 3.8) is 0 Å². The molecule has 1 saturated heterocycles. The first-order valence-electron chi connectivity index (χ1n) is 8.03. The Balaban J connectivity index is 2.67. The Kier molecular flexibility index (Phi) is 7.33. The van der Waals surface area contributed by atoms with Crippen molar-refractivity contribution in [2.24, 2.45) is 17.6 Å². The molecule has 1 aliphatic heterocycles. The minimum Gasteiger partial charge on any atom is -0.381 e. The Morgan fingerprint density at radius 1 is 1.00 bits per heavy atom. The molecule has 1 rings (SSSR count). The quantitative estimate of drug-likeness (QED) is 0.737. The number of hydrogen-bond acceptors (Lipinski definition) is 3. The van der Waals surface area contributed by atoms with E-state index in [4.69, 9.17) is 10.5 Å². The third-order valence-electron chi connectivity index (χ3n) is 4.43. The second kappa shape index (κ2) is 8.23. The monoisotopic (exact) mass is 270 g/mol. The van der Waals surface area contributed by atoms with Gasteiger partial charge >= 0.3 is 0 Å². The average Bonchev–Trinajstić information content (AvgIpc) is 2.39. The van der Waals surface area contributed by atoms with Crippen molar-refractivity contribution >= 4 is 0 Å². The van der Waals surface area contributed by atoms with Gasteiger partial charge in [0.05, 0.1) is 0 Å². The summed E-state index contributed by atoms with van der Waals surface area (Å²) in [5, 5.41) is 0. The largest absolute Gasteiger partial charge is 0.381 e. The van der Waals surface area contributed by atoms with E-state index in [9.17, 15) is 0 Å². The Hall–Kier alpha value is -0.120. The van der Waals surface area contributed by atoms with Gasteiger partial charge in [0.15, 0.2) is 0 Å². The van der Waals surface area contributed by atoms with E-state index < -0.39 is 0 Å². The fraction of sp³-hybridized carbons (Fsp3) is 1.00. The molecule has 0 aromatic rings. The summed E-state index contributed by atoms with van der Waals surface area (Å²) in [6, 6.07) is 0. The van der Waals surface area contributed by atoms with Crippen LogP contribution in [0.1, 0.15) is 53.4 Å². The van der Waals surface area contributed by atoms with E-state index in [2.05, 4.69) is 32.6 Å². The predicted molar refractivity (Wildman–Crippen MR) is 82.3 cm³/mol. The Bertz CT molecular complexity index is 223. The van der Waals surface area contributed by atoms with Crippen molar-refractivity contribution in [2.75, 3.05) is 32.8 Å². The molecular weight excluding hydrogens is 236 g/mol. The number of nitrogens with two attached hydrogens (primary N) is 1. The summed E-state index contributed by atoms with van der Waals surface area (Å²) >= 11 is 0. The summed E-state index contributed by atoms with van der Waals surface area (Å²) in [7, 11) is 0. The third-order valence-corrected chi connectivity index (χ3v) is 4.43. The molecule has 2 N–H and O–H groups in total. The molecule has 0 spiro atoms. The molecule has 0 aromatic heterocycles. The highest BCUT2D eigenvalue weighted by atomic mass is 16.5. The van der Waals surface area contributed by atoms with Crippen molar-refractivity contribution in [2.45, 2.75) is 58.9 Å². The van der Waals surface area contributed by atoms with Crippen LogP contribution in [0.25, 0.3) is 0 Å². The van der Waals surface area contributed by atoms with E-state index in [1.54, 1.807) is 0 Å². The van der Waals surface area contributed by atoms with Gasteiger partial charge in [-0.1, -0.05) is 27.7 Å². The van der Waals surface area contributed by atoms with Crippen molar-refractivity contribution in [1.29, 1.82) is 0 Å². The summed E-state index contributed by atoms with van der Waals surface area (Å²) in [6.45, 7) is 14.1. The molecule has 19 heavy (non-hydrogen) atoms. The highest BCUT2D eigenvalue weighted by Crippen LogP contribution is 2.28. The maximum Gasteiger partial charge on any atom is 0.0484 e. The van der Waals surface area contributed by atoms with Gasteiger partial charge in [0.2, 0.25) is 0 Å². The molecule has 0 aliphatic carbocycles. The minimum absolute atomic E-state index is 0.196. The first kappa shape index (κ1) is 16.9. The van der Waals surface area contributed by atoms with Crippen LogP contribution < -0.4 is 5.73 Å². The second-order valence-corrected chi connectivity index (χ2v) is 6.89. The molecule has 114 valence electrons. The fourth-order valence-electron chi connectivity index (χ4n) is 2.82. The molecule has 0 atom stereocenters. The molecular formula is C16H34N2O. The summed E-state index contributed by atoms with van der Waals surface area (Å²) in [6.07, 6.45) is 4.72. The Morgan fingerprint density at radius 2 is 1.47 bits per heavy atom. The highest BCUT2D eigenvalue weighted by Gasteiger charge is 2.36. The zero-order valence-electron chi connectivity index (χ0n) is 13.5. The molecule has 1 heterocycles. The summed E-state index contributed by atoms with van der Waals surface area (Å²) in [5.41, 5.74) is 6.35. The van der Waals surface area contributed by atoms with Crippen LogP contribution in [0.4, 0.5) is 0 Å². The molecule has 0 bridgehead atoms. The summed E-state index contributed by atoms with van der Waals surface area (Å²) < 4.78 is 5.55. The highest BCUT2D eigenvalue weighted by molar-refractivity contribution is 4.93. The topological polar surface area (TPSA) is 38.5 Å². The molecule has 0 saturated carbocycles. The van der Waals surface area contributed by atoms with Crippen LogP contribution in [0.3, 0.4) is 0 Å². The molecule has 0 amide bonds. The smallest absolute Gasteiger partial charge is 0.0484 e. The van der Waals surface area contributed by atoms with E-state index in [0.29, 0.717) is 0 Å². The average molecular weight is 270 g/mol. The first-order valence-corrected chi connectivity index (χ1v) is 8.03. The van der Waals surface area contributed by atoms with Crippen LogP contribution in [0.5, 0.6) is 0 Å². The van der Waals surface area contributed by atoms with Crippen LogP contribution in [0, 0.1) is 11.8 Å². The van der Waals surface area contributed by atoms with E-state index >= 15 is 0 Å². The molecule has 3 heteroatoms. The zero-order chi connectivity index (χ0) is 14.3. The molecule has 0 unspecified atom stereocenters. The van der Waals surface area contributed by atoms with Crippen molar-refractivity contribution in [3.8, 4) is 0 Å². The zero-order valence-corrected chi connectivity index (χ0v) is 13.5. The SMILES string of the molecule is CC(C)CCN(CCC(C)C)C1(CN)CCOCC1. The van der Waals surface area contributed by atoms with Gasteiger partial charge in [-0.3, -0.25) is 4.90 Å². The van der Waals surface area contributed by atoms with E-state index in [1.165, 1.54) is 25.9 Å². The van der Waals surface area contributed by atoms with Crippen LogP contribution >= 0.6 is 0 Å². The van der Waals surface area contributed by atoms with E-state index in [1.807, 2.05) is 0 Å². The van der Waals surface area contributed by atoms with Crippen LogP contribution in [-0.4, -0.2) is 43.3 Å². The fourth-order valence-corrected chi connectivity index (χ4v) is 2.82. The molecule has 0 aromatic carbocycles. The predicted octanol–water partition coefficient (Wildman–Crippen LogP) is 2.89. The third kappa shape index (κ3) is 5.41. The van der Waals surface area contributed by atoms with Gasteiger partial charge in [-0.05, 0) is 50.6 Å². The van der Waals surface area contributed by atoms with Gasteiger partial charge < -0.3 is 10.5 Å². The molecule has 1 fully saturated rings. The first-order chi connectivity index (χ1) is 9.00. The molecule has 0 radical (unpaired) electrons. The van der Waals surface area contributed by atoms with Crippen molar-refractivity contribution in [3.05, 3.63) is 0 Å². The van der Waals surface area contributed by atoms with Gasteiger partial charge in [0.1, 0.15) is 0 Å². The van der Waals surface area contributed by atoms with Crippen LogP contribution in [0.15, 0.2) is 0 Å². The lowest BCUT2D eigenvalue weighted by molar-refractivity contribution is -0.0275. The van der Waals surface area contributed by atoms with Crippen molar-refractivity contribution < 1.29 is 4.74 Å². The Labute approximate surface area is 119 Å². The lowest BCUT2D eigenvalue weighted by atomic mass is 9.87. The summed E-state index contributed by atoms with van der Waals surface area (Å²) in [5.74, 6) is 1.52. The lowest BCUT2D eigenvalue weighted by Gasteiger charge is -2.46. The normalized spacial score (nSPS) is 19.6. The molecule has 3 nitrogen and oxygen atoms in total. The van der Waals surface area contributed by atoms with Crippen molar-refractivity contribution in [1.82, 2.24) is 4.90 Å². The molecule has 1 aliphatic rings. The van der Waals surface area contributed by atoms with Gasteiger partial charge in [0, 0.05) is 25.3 Å². The van der Waals surface area contributed by atoms with Gasteiger partial charge in [-0.2, -0.15) is 0 Å².